The van der Waals surface area contributed by atoms with Gasteiger partial charge in [0.05, 0.1) is 23.9 Å². The van der Waals surface area contributed by atoms with Crippen molar-refractivity contribution in [2.75, 3.05) is 24.6 Å². The van der Waals surface area contributed by atoms with Crippen molar-refractivity contribution in [2.24, 2.45) is 5.10 Å². The zero-order valence-electron chi connectivity index (χ0n) is 21.1. The number of amides is 1. The van der Waals surface area contributed by atoms with Crippen LogP contribution in [0.4, 0.5) is 5.69 Å². The molecule has 1 N–H and O–H groups in total. The van der Waals surface area contributed by atoms with Gasteiger partial charge in [0.1, 0.15) is 13.2 Å². The highest BCUT2D eigenvalue weighted by atomic mass is 32.2. The van der Waals surface area contributed by atoms with E-state index < -0.39 is 22.5 Å². The molecule has 8 nitrogen and oxygen atoms in total. The number of benzene rings is 3. The van der Waals surface area contributed by atoms with Gasteiger partial charge >= 0.3 is 0 Å². The van der Waals surface area contributed by atoms with Gasteiger partial charge in [-0.1, -0.05) is 56.8 Å². The number of carbonyl (C=O) groups excluding carboxylic acids is 1. The molecule has 0 saturated heterocycles. The molecule has 0 saturated carbocycles. The van der Waals surface area contributed by atoms with Gasteiger partial charge in [0.2, 0.25) is 0 Å². The number of nitrogens with one attached hydrogen (secondary N) is 1. The fourth-order valence-corrected chi connectivity index (χ4v) is 4.88. The van der Waals surface area contributed by atoms with Crippen molar-refractivity contribution in [2.45, 2.75) is 24.7 Å². The second kappa shape index (κ2) is 12.7. The Morgan fingerprint density at radius 1 is 1.05 bits per heavy atom. The topological polar surface area (TPSA) is 97.3 Å². The van der Waals surface area contributed by atoms with Crippen LogP contribution >= 0.6 is 0 Å². The normalized spacial score (nSPS) is 11.4. The predicted molar refractivity (Wildman–Crippen MR) is 146 cm³/mol. The summed E-state index contributed by atoms with van der Waals surface area (Å²) in [6, 6.07) is 20.3. The molecule has 3 rings (SSSR count). The Bertz CT molecular complexity index is 1340. The molecule has 3 aromatic carbocycles. The van der Waals surface area contributed by atoms with Crippen molar-refractivity contribution in [3.63, 3.8) is 0 Å². The third-order valence-corrected chi connectivity index (χ3v) is 7.20. The Morgan fingerprint density at radius 3 is 2.38 bits per heavy atom. The number of hydrogen-bond acceptors (Lipinski definition) is 6. The molecule has 0 fully saturated rings. The maximum Gasteiger partial charge on any atom is 0.264 e. The average Bonchev–Trinajstić information content (AvgIpc) is 2.91. The molecule has 37 heavy (non-hydrogen) atoms. The third-order valence-electron chi connectivity index (χ3n) is 5.41. The van der Waals surface area contributed by atoms with Gasteiger partial charge in [0.15, 0.2) is 11.5 Å². The molecule has 0 aliphatic carbocycles. The first kappa shape index (κ1) is 27.5. The molecule has 0 spiro atoms. The lowest BCUT2D eigenvalue weighted by molar-refractivity contribution is -0.119. The standard InChI is InChI=1S/C28H31N3O5S/c1-5-17-36-26-16-11-22(18-27(26)35-4)19-29-30-28(32)20-31(24-14-12-23(13-15-24)21(2)3)37(33,34)25-9-7-6-8-10-25/h5-16,18-19,21H,1,17,20H2,2-4H3,(H,30,32)/b29-19-. The highest BCUT2D eigenvalue weighted by Crippen LogP contribution is 2.28. The number of methoxy groups -OCH3 is 1. The summed E-state index contributed by atoms with van der Waals surface area (Å²) in [5, 5.41) is 3.99. The number of carbonyl (C=O) groups is 1. The minimum atomic E-state index is -4.00. The van der Waals surface area contributed by atoms with E-state index in [0.717, 1.165) is 9.87 Å². The maximum atomic E-state index is 13.4. The van der Waals surface area contributed by atoms with Gasteiger partial charge in [0, 0.05) is 0 Å². The molecule has 0 aliphatic rings. The summed E-state index contributed by atoms with van der Waals surface area (Å²) in [6.45, 7) is 7.61. The fraction of sp³-hybridized carbons (Fsp3) is 0.214. The zero-order chi connectivity index (χ0) is 26.8. The van der Waals surface area contributed by atoms with Gasteiger partial charge < -0.3 is 9.47 Å². The Hall–Kier alpha value is -4.11. The molecule has 9 heteroatoms. The Morgan fingerprint density at radius 2 is 1.76 bits per heavy atom. The molecule has 0 heterocycles. The van der Waals surface area contributed by atoms with Crippen LogP contribution in [-0.2, 0) is 14.8 Å². The van der Waals surface area contributed by atoms with E-state index in [9.17, 15) is 13.2 Å². The number of nitrogens with zero attached hydrogens (tertiary/aromatic N) is 2. The number of sulfonamides is 1. The molecule has 0 atom stereocenters. The third kappa shape index (κ3) is 7.20. The molecular weight excluding hydrogens is 490 g/mol. The van der Waals surface area contributed by atoms with E-state index in [4.69, 9.17) is 9.47 Å². The smallest absolute Gasteiger partial charge is 0.264 e. The highest BCUT2D eigenvalue weighted by molar-refractivity contribution is 7.92. The average molecular weight is 522 g/mol. The molecule has 0 aromatic heterocycles. The lowest BCUT2D eigenvalue weighted by atomic mass is 10.0. The molecule has 0 unspecified atom stereocenters. The largest absolute Gasteiger partial charge is 0.493 e. The van der Waals surface area contributed by atoms with Crippen molar-refractivity contribution >= 4 is 27.8 Å². The lowest BCUT2D eigenvalue weighted by Gasteiger charge is -2.24. The summed E-state index contributed by atoms with van der Waals surface area (Å²) in [6.07, 6.45) is 3.06. The quantitative estimate of drug-likeness (QED) is 0.211. The first-order valence-corrected chi connectivity index (χ1v) is 13.1. The van der Waals surface area contributed by atoms with Crippen LogP contribution in [0.3, 0.4) is 0 Å². The second-order valence-electron chi connectivity index (χ2n) is 8.37. The van der Waals surface area contributed by atoms with E-state index in [1.165, 1.54) is 25.5 Å². The number of hydrogen-bond donors (Lipinski definition) is 1. The lowest BCUT2D eigenvalue weighted by Crippen LogP contribution is -2.39. The molecule has 0 aliphatic heterocycles. The van der Waals surface area contributed by atoms with Gasteiger partial charge in [-0.2, -0.15) is 5.10 Å². The van der Waals surface area contributed by atoms with E-state index in [0.29, 0.717) is 29.4 Å². The monoisotopic (exact) mass is 521 g/mol. The Kier molecular flexibility index (Phi) is 9.45. The van der Waals surface area contributed by atoms with Crippen LogP contribution in [0.15, 0.2) is 95.4 Å². The Balaban J connectivity index is 1.79. The highest BCUT2D eigenvalue weighted by Gasteiger charge is 2.27. The predicted octanol–water partition coefficient (Wildman–Crippen LogP) is 4.73. The minimum Gasteiger partial charge on any atom is -0.493 e. The zero-order valence-corrected chi connectivity index (χ0v) is 21.9. The molecule has 194 valence electrons. The van der Waals surface area contributed by atoms with E-state index in [1.54, 1.807) is 54.6 Å². The first-order chi connectivity index (χ1) is 17.8. The van der Waals surface area contributed by atoms with Gasteiger partial charge in [-0.05, 0) is 59.5 Å². The van der Waals surface area contributed by atoms with Crippen LogP contribution in [0.1, 0.15) is 30.9 Å². The first-order valence-electron chi connectivity index (χ1n) is 11.7. The van der Waals surface area contributed by atoms with Crippen molar-refractivity contribution in [3.05, 3.63) is 96.6 Å². The molecule has 0 bridgehead atoms. The summed E-state index contributed by atoms with van der Waals surface area (Å²) in [4.78, 5) is 12.9. The van der Waals surface area contributed by atoms with Crippen LogP contribution in [-0.4, -0.2) is 40.8 Å². The van der Waals surface area contributed by atoms with E-state index in [1.807, 2.05) is 12.1 Å². The van der Waals surface area contributed by atoms with Crippen molar-refractivity contribution < 1.29 is 22.7 Å². The number of rotatable bonds is 12. The van der Waals surface area contributed by atoms with E-state index in [-0.39, 0.29) is 10.8 Å². The van der Waals surface area contributed by atoms with Crippen LogP contribution in [0.25, 0.3) is 0 Å². The summed E-state index contributed by atoms with van der Waals surface area (Å²) in [5.41, 5.74) is 4.51. The van der Waals surface area contributed by atoms with Gasteiger partial charge in [-0.3, -0.25) is 9.10 Å². The van der Waals surface area contributed by atoms with E-state index >= 15 is 0 Å². The van der Waals surface area contributed by atoms with Crippen LogP contribution in [0, 0.1) is 0 Å². The fourth-order valence-electron chi connectivity index (χ4n) is 3.44. The van der Waals surface area contributed by atoms with Crippen molar-refractivity contribution in [3.8, 4) is 11.5 Å². The summed E-state index contributed by atoms with van der Waals surface area (Å²) >= 11 is 0. The molecule has 0 radical (unpaired) electrons. The number of ether oxygens (including phenoxy) is 2. The summed E-state index contributed by atoms with van der Waals surface area (Å²) in [5.74, 6) is 0.740. The minimum absolute atomic E-state index is 0.0881. The van der Waals surface area contributed by atoms with Crippen LogP contribution in [0.5, 0.6) is 11.5 Å². The second-order valence-corrected chi connectivity index (χ2v) is 10.2. The molecule has 1 amide bonds. The number of hydrazone groups is 1. The van der Waals surface area contributed by atoms with Gasteiger partial charge in [0.25, 0.3) is 15.9 Å². The number of anilines is 1. The van der Waals surface area contributed by atoms with E-state index in [2.05, 4.69) is 31.0 Å². The summed E-state index contributed by atoms with van der Waals surface area (Å²) in [7, 11) is -2.48. The van der Waals surface area contributed by atoms with Gasteiger partial charge in [-0.25, -0.2) is 13.8 Å². The van der Waals surface area contributed by atoms with Crippen molar-refractivity contribution in [1.29, 1.82) is 0 Å². The molecule has 3 aromatic rings. The van der Waals surface area contributed by atoms with Crippen LogP contribution < -0.4 is 19.2 Å². The van der Waals surface area contributed by atoms with Gasteiger partial charge in [-0.15, -0.1) is 0 Å². The van der Waals surface area contributed by atoms with Crippen molar-refractivity contribution in [1.82, 2.24) is 5.43 Å². The summed E-state index contributed by atoms with van der Waals surface area (Å²) < 4.78 is 38.8. The SMILES string of the molecule is C=CCOc1ccc(/C=N\NC(=O)CN(c2ccc(C(C)C)cc2)S(=O)(=O)c2ccccc2)cc1OC. The maximum absolute atomic E-state index is 13.4. The molecular formula is C28H31N3O5S. The Labute approximate surface area is 218 Å². The van der Waals surface area contributed by atoms with Crippen LogP contribution in [0.2, 0.25) is 0 Å².